The quantitative estimate of drug-likeness (QED) is 0.844. The molecule has 1 heterocycles. The normalized spacial score (nSPS) is 17.4. The zero-order chi connectivity index (χ0) is 14.0. The Balaban J connectivity index is 2.24. The first-order valence-electron chi connectivity index (χ1n) is 6.14. The van der Waals surface area contributed by atoms with Gasteiger partial charge in [0.25, 0.3) is 0 Å². The summed E-state index contributed by atoms with van der Waals surface area (Å²) in [5, 5.41) is 3.18. The van der Waals surface area contributed by atoms with Gasteiger partial charge in [0.2, 0.25) is 0 Å². The van der Waals surface area contributed by atoms with E-state index in [0.717, 1.165) is 24.7 Å². The second kappa shape index (κ2) is 5.45. The van der Waals surface area contributed by atoms with Crippen LogP contribution in [0.1, 0.15) is 26.7 Å². The Labute approximate surface area is 114 Å². The Kier molecular flexibility index (Phi) is 4.08. The predicted molar refractivity (Wildman–Crippen MR) is 73.1 cm³/mol. The van der Waals surface area contributed by atoms with E-state index in [4.69, 9.17) is 0 Å². The fourth-order valence-corrected chi connectivity index (χ4v) is 3.24. The van der Waals surface area contributed by atoms with Crippen molar-refractivity contribution in [3.8, 4) is 0 Å². The number of halogens is 3. The lowest BCUT2D eigenvalue weighted by Gasteiger charge is -2.20. The highest BCUT2D eigenvalue weighted by Gasteiger charge is 2.32. The molecule has 2 nitrogen and oxygen atoms in total. The number of thioether (sulfide) groups is 1. The molecule has 0 saturated carbocycles. The minimum absolute atomic E-state index is 0.157. The van der Waals surface area contributed by atoms with Crippen LogP contribution in [0.15, 0.2) is 17.1 Å². The van der Waals surface area contributed by atoms with E-state index in [-0.39, 0.29) is 11.2 Å². The Hall–Kier alpha value is -1.17. The van der Waals surface area contributed by atoms with Crippen LogP contribution in [0.3, 0.4) is 0 Å². The van der Waals surface area contributed by atoms with Crippen LogP contribution in [-0.2, 0) is 0 Å². The maximum atomic E-state index is 13.5. The fourth-order valence-electron chi connectivity index (χ4n) is 1.92. The lowest BCUT2D eigenvalue weighted by Crippen LogP contribution is -2.24. The van der Waals surface area contributed by atoms with Crippen LogP contribution in [0.5, 0.6) is 0 Å². The summed E-state index contributed by atoms with van der Waals surface area (Å²) in [6.07, 6.45) is 1.75. The first-order valence-corrected chi connectivity index (χ1v) is 7.12. The molecule has 0 spiro atoms. The Morgan fingerprint density at radius 1 is 1.26 bits per heavy atom. The molecule has 0 unspecified atom stereocenters. The second-order valence-electron chi connectivity index (χ2n) is 4.51. The van der Waals surface area contributed by atoms with Crippen molar-refractivity contribution in [2.24, 2.45) is 4.99 Å². The minimum atomic E-state index is -1.21. The summed E-state index contributed by atoms with van der Waals surface area (Å²) in [4.78, 5) is 4.51. The smallest absolute Gasteiger partial charge is 0.182 e. The summed E-state index contributed by atoms with van der Waals surface area (Å²) >= 11 is 1.44. The maximum Gasteiger partial charge on any atom is 0.182 e. The van der Waals surface area contributed by atoms with E-state index in [1.54, 1.807) is 0 Å². The molecule has 0 fully saturated rings. The van der Waals surface area contributed by atoms with E-state index < -0.39 is 17.5 Å². The molecule has 2 rings (SSSR count). The summed E-state index contributed by atoms with van der Waals surface area (Å²) in [5.41, 5.74) is -0.373. The fraction of sp³-hybridized carbons (Fsp3) is 0.462. The molecule has 0 saturated heterocycles. The molecule has 0 aromatic heterocycles. The summed E-state index contributed by atoms with van der Waals surface area (Å²) in [6, 6.07) is 1.45. The van der Waals surface area contributed by atoms with Gasteiger partial charge in [-0.1, -0.05) is 25.6 Å². The molecule has 0 bridgehead atoms. The van der Waals surface area contributed by atoms with Gasteiger partial charge < -0.3 is 5.32 Å². The third kappa shape index (κ3) is 2.88. The van der Waals surface area contributed by atoms with Crippen molar-refractivity contribution in [1.82, 2.24) is 0 Å². The largest absolute Gasteiger partial charge is 0.332 e. The molecule has 1 aliphatic rings. The molecule has 0 aliphatic carbocycles. The first-order chi connectivity index (χ1) is 8.99. The third-order valence-corrected chi connectivity index (χ3v) is 4.52. The van der Waals surface area contributed by atoms with Gasteiger partial charge in [0.05, 0.1) is 11.2 Å². The van der Waals surface area contributed by atoms with Crippen molar-refractivity contribution in [2.75, 3.05) is 11.1 Å². The van der Waals surface area contributed by atoms with Crippen LogP contribution >= 0.6 is 11.8 Å². The van der Waals surface area contributed by atoms with E-state index in [1.165, 1.54) is 11.8 Å². The highest BCUT2D eigenvalue weighted by atomic mass is 32.2. The van der Waals surface area contributed by atoms with Crippen LogP contribution in [0, 0.1) is 17.5 Å². The molecular formula is C13H15F3N2S. The predicted octanol–water partition coefficient (Wildman–Crippen LogP) is 4.18. The standard InChI is InChI=1S/C13H15F3N2S/c1-3-13(4-2)7-19-12(18-13)17-10-6-8(14)5-9(15)11(10)16/h5-6H,3-4,7H2,1-2H3,(H,17,18). The van der Waals surface area contributed by atoms with Crippen molar-refractivity contribution >= 4 is 22.6 Å². The molecule has 1 aliphatic heterocycles. The first kappa shape index (κ1) is 14.2. The van der Waals surface area contributed by atoms with Gasteiger partial charge in [0.1, 0.15) is 5.82 Å². The molecule has 1 aromatic rings. The molecule has 6 heteroatoms. The molecule has 0 radical (unpaired) electrons. The van der Waals surface area contributed by atoms with Crippen LogP contribution in [-0.4, -0.2) is 16.5 Å². The Morgan fingerprint density at radius 2 is 1.95 bits per heavy atom. The van der Waals surface area contributed by atoms with E-state index in [9.17, 15) is 13.2 Å². The molecule has 19 heavy (non-hydrogen) atoms. The SMILES string of the molecule is CCC1(CC)CSC(Nc2cc(F)cc(F)c2F)=N1. The van der Waals surface area contributed by atoms with Gasteiger partial charge in [-0.3, -0.25) is 4.99 Å². The number of anilines is 1. The summed E-state index contributed by atoms with van der Waals surface area (Å²) < 4.78 is 39.7. The highest BCUT2D eigenvalue weighted by Crippen LogP contribution is 2.34. The third-order valence-electron chi connectivity index (χ3n) is 3.37. The van der Waals surface area contributed by atoms with Gasteiger partial charge in [0.15, 0.2) is 16.8 Å². The van der Waals surface area contributed by atoms with E-state index >= 15 is 0 Å². The molecule has 0 atom stereocenters. The number of amidine groups is 1. The molecule has 1 aromatic carbocycles. The van der Waals surface area contributed by atoms with Crippen LogP contribution in [0.2, 0.25) is 0 Å². The van der Waals surface area contributed by atoms with Gasteiger partial charge in [-0.25, -0.2) is 13.2 Å². The average Bonchev–Trinajstić information content (AvgIpc) is 2.79. The van der Waals surface area contributed by atoms with Gasteiger partial charge in [0, 0.05) is 17.9 Å². The summed E-state index contributed by atoms with van der Waals surface area (Å²) in [5.74, 6) is -2.32. The van der Waals surface area contributed by atoms with Crippen molar-refractivity contribution < 1.29 is 13.2 Å². The molecule has 104 valence electrons. The monoisotopic (exact) mass is 288 g/mol. The minimum Gasteiger partial charge on any atom is -0.332 e. The summed E-state index contributed by atoms with van der Waals surface area (Å²) in [6.45, 7) is 4.08. The van der Waals surface area contributed by atoms with E-state index in [0.29, 0.717) is 11.2 Å². The average molecular weight is 288 g/mol. The molecular weight excluding hydrogens is 273 g/mol. The number of aliphatic imine (C=N–C) groups is 1. The Morgan fingerprint density at radius 3 is 2.53 bits per heavy atom. The molecule has 1 N–H and O–H groups in total. The number of hydrogen-bond acceptors (Lipinski definition) is 3. The number of benzene rings is 1. The number of nitrogens with zero attached hydrogens (tertiary/aromatic N) is 1. The number of nitrogens with one attached hydrogen (secondary N) is 1. The highest BCUT2D eigenvalue weighted by molar-refractivity contribution is 8.14. The Bertz CT molecular complexity index is 513. The van der Waals surface area contributed by atoms with Gasteiger partial charge >= 0.3 is 0 Å². The topological polar surface area (TPSA) is 24.4 Å². The zero-order valence-electron chi connectivity index (χ0n) is 10.8. The van der Waals surface area contributed by atoms with Gasteiger partial charge in [-0.15, -0.1) is 0 Å². The van der Waals surface area contributed by atoms with Crippen LogP contribution in [0.25, 0.3) is 0 Å². The lowest BCUT2D eigenvalue weighted by molar-refractivity contribution is 0.456. The van der Waals surface area contributed by atoms with Crippen LogP contribution in [0.4, 0.5) is 18.9 Å². The van der Waals surface area contributed by atoms with Crippen molar-refractivity contribution in [1.29, 1.82) is 0 Å². The lowest BCUT2D eigenvalue weighted by atomic mass is 9.97. The molecule has 0 amide bonds. The van der Waals surface area contributed by atoms with E-state index in [1.807, 2.05) is 13.8 Å². The van der Waals surface area contributed by atoms with Gasteiger partial charge in [-0.2, -0.15) is 0 Å². The second-order valence-corrected chi connectivity index (χ2v) is 5.48. The number of rotatable bonds is 3. The van der Waals surface area contributed by atoms with Crippen LogP contribution < -0.4 is 5.32 Å². The summed E-state index contributed by atoms with van der Waals surface area (Å²) in [7, 11) is 0. The van der Waals surface area contributed by atoms with Crippen molar-refractivity contribution in [3.05, 3.63) is 29.6 Å². The maximum absolute atomic E-state index is 13.5. The number of hydrogen-bond donors (Lipinski definition) is 1. The van der Waals surface area contributed by atoms with Gasteiger partial charge in [-0.05, 0) is 12.8 Å². The van der Waals surface area contributed by atoms with Crippen molar-refractivity contribution in [2.45, 2.75) is 32.2 Å². The van der Waals surface area contributed by atoms with E-state index in [2.05, 4.69) is 10.3 Å². The van der Waals surface area contributed by atoms with Crippen molar-refractivity contribution in [3.63, 3.8) is 0 Å². The zero-order valence-corrected chi connectivity index (χ0v) is 11.6.